The summed E-state index contributed by atoms with van der Waals surface area (Å²) in [5.41, 5.74) is 2.64. The Bertz CT molecular complexity index is 1160. The molecule has 0 aliphatic rings. The zero-order valence-corrected chi connectivity index (χ0v) is 17.3. The second-order valence-electron chi connectivity index (χ2n) is 6.48. The third-order valence-corrected chi connectivity index (χ3v) is 5.25. The van der Waals surface area contributed by atoms with Gasteiger partial charge >= 0.3 is 0 Å². The van der Waals surface area contributed by atoms with Crippen LogP contribution in [0.1, 0.15) is 16.3 Å². The van der Waals surface area contributed by atoms with E-state index in [1.165, 1.54) is 6.08 Å². The highest BCUT2D eigenvalue weighted by Gasteiger charge is 2.07. The average Bonchev–Trinajstić information content (AvgIpc) is 3.39. The van der Waals surface area contributed by atoms with Crippen molar-refractivity contribution in [2.45, 2.75) is 13.8 Å². The molecule has 0 bridgehead atoms. The van der Waals surface area contributed by atoms with E-state index in [1.807, 2.05) is 42.0 Å². The smallest absolute Gasteiger partial charge is 0.248 e. The number of nitrogens with one attached hydrogen (secondary N) is 1. The molecule has 3 aromatic heterocycles. The first-order valence-electron chi connectivity index (χ1n) is 9.23. The van der Waals surface area contributed by atoms with Gasteiger partial charge in [0.2, 0.25) is 11.8 Å². The number of ether oxygens (including phenoxy) is 1. The number of carbonyl (C=O) groups excluding carboxylic acids is 1. The molecule has 0 spiro atoms. The molecule has 0 radical (unpaired) electrons. The fourth-order valence-corrected chi connectivity index (χ4v) is 3.30. The van der Waals surface area contributed by atoms with Crippen molar-refractivity contribution in [3.05, 3.63) is 82.6 Å². The molecule has 0 atom stereocenters. The lowest BCUT2D eigenvalue weighted by atomic mass is 10.3. The highest BCUT2D eigenvalue weighted by Crippen LogP contribution is 2.22. The van der Waals surface area contributed by atoms with E-state index in [9.17, 15) is 4.79 Å². The highest BCUT2D eigenvalue weighted by molar-refractivity contribution is 7.10. The summed E-state index contributed by atoms with van der Waals surface area (Å²) < 4.78 is 7.61. The minimum Gasteiger partial charge on any atom is -0.438 e. The maximum absolute atomic E-state index is 12.0. The van der Waals surface area contributed by atoms with Crippen LogP contribution >= 0.6 is 11.3 Å². The Balaban J connectivity index is 1.36. The Morgan fingerprint density at radius 3 is 2.57 bits per heavy atom. The molecule has 0 fully saturated rings. The number of thiophene rings is 1. The number of carbonyl (C=O) groups is 1. The third-order valence-electron chi connectivity index (χ3n) is 4.41. The Hall–Kier alpha value is -3.78. The van der Waals surface area contributed by atoms with Gasteiger partial charge in [-0.25, -0.2) is 4.98 Å². The molecular formula is C22H19N5O2S. The number of imidazole rings is 1. The molecule has 0 unspecified atom stereocenters. The van der Waals surface area contributed by atoms with E-state index in [2.05, 4.69) is 20.5 Å². The molecular weight excluding hydrogens is 398 g/mol. The van der Waals surface area contributed by atoms with Gasteiger partial charge in [-0.15, -0.1) is 21.5 Å². The first-order valence-corrected chi connectivity index (χ1v) is 10.1. The van der Waals surface area contributed by atoms with Crippen LogP contribution in [0, 0.1) is 13.8 Å². The molecule has 3 heterocycles. The molecule has 4 aromatic rings. The predicted octanol–water partition coefficient (Wildman–Crippen LogP) is 4.78. The van der Waals surface area contributed by atoms with E-state index < -0.39 is 0 Å². The Labute approximate surface area is 177 Å². The van der Waals surface area contributed by atoms with Crippen LogP contribution in [0.15, 0.2) is 66.3 Å². The van der Waals surface area contributed by atoms with Crippen LogP contribution in [0.25, 0.3) is 11.9 Å². The summed E-state index contributed by atoms with van der Waals surface area (Å²) in [5, 5.41) is 13.1. The Morgan fingerprint density at radius 1 is 1.10 bits per heavy atom. The van der Waals surface area contributed by atoms with E-state index in [-0.39, 0.29) is 5.91 Å². The number of amides is 1. The minimum absolute atomic E-state index is 0.191. The molecule has 0 saturated heterocycles. The Kier molecular flexibility index (Phi) is 5.67. The zero-order valence-electron chi connectivity index (χ0n) is 16.4. The molecule has 30 heavy (non-hydrogen) atoms. The molecule has 0 saturated carbocycles. The predicted molar refractivity (Wildman–Crippen MR) is 117 cm³/mol. The number of anilines is 1. The summed E-state index contributed by atoms with van der Waals surface area (Å²) >= 11 is 1.58. The molecule has 0 aliphatic carbocycles. The van der Waals surface area contributed by atoms with Gasteiger partial charge in [0.05, 0.1) is 5.69 Å². The summed E-state index contributed by atoms with van der Waals surface area (Å²) in [4.78, 5) is 17.3. The van der Waals surface area contributed by atoms with Crippen molar-refractivity contribution in [1.82, 2.24) is 19.7 Å². The van der Waals surface area contributed by atoms with Gasteiger partial charge in [0.25, 0.3) is 0 Å². The topological polar surface area (TPSA) is 81.9 Å². The lowest BCUT2D eigenvalue weighted by molar-refractivity contribution is -0.111. The first-order chi connectivity index (χ1) is 14.6. The normalized spacial score (nSPS) is 11.0. The number of hydrogen-bond acceptors (Lipinski definition) is 6. The number of aryl methyl sites for hydroxylation is 1. The van der Waals surface area contributed by atoms with Crippen LogP contribution in [-0.4, -0.2) is 25.7 Å². The van der Waals surface area contributed by atoms with Crippen molar-refractivity contribution < 1.29 is 9.53 Å². The van der Waals surface area contributed by atoms with Gasteiger partial charge in [0, 0.05) is 28.4 Å². The minimum atomic E-state index is -0.191. The lowest BCUT2D eigenvalue weighted by Gasteiger charge is -2.07. The molecule has 7 nitrogen and oxygen atoms in total. The lowest BCUT2D eigenvalue weighted by Crippen LogP contribution is -2.07. The van der Waals surface area contributed by atoms with Gasteiger partial charge in [-0.2, -0.15) is 0 Å². The second kappa shape index (κ2) is 8.71. The maximum atomic E-state index is 12.0. The van der Waals surface area contributed by atoms with Gasteiger partial charge in [-0.3, -0.25) is 9.36 Å². The number of rotatable bonds is 6. The van der Waals surface area contributed by atoms with Crippen molar-refractivity contribution in [3.63, 3.8) is 0 Å². The standard InChI is InChI=1S/C22H19N5O2S/c1-15-16(2)27(14-23-15)20-10-12-22(26-25-20)29-18-7-5-17(6-8-18)24-21(28)11-9-19-4-3-13-30-19/h3-14H,1-2H3,(H,24,28)/b11-9+. The summed E-state index contributed by atoms with van der Waals surface area (Å²) in [7, 11) is 0. The zero-order chi connectivity index (χ0) is 20.9. The molecule has 1 N–H and O–H groups in total. The monoisotopic (exact) mass is 417 g/mol. The fourth-order valence-electron chi connectivity index (χ4n) is 2.68. The van der Waals surface area contributed by atoms with Gasteiger partial charge < -0.3 is 10.1 Å². The summed E-state index contributed by atoms with van der Waals surface area (Å²) in [6.07, 6.45) is 5.02. The molecule has 150 valence electrons. The molecule has 4 rings (SSSR count). The van der Waals surface area contributed by atoms with Gasteiger partial charge in [0.1, 0.15) is 12.1 Å². The molecule has 0 aliphatic heterocycles. The number of aromatic nitrogens is 4. The largest absolute Gasteiger partial charge is 0.438 e. The highest BCUT2D eigenvalue weighted by atomic mass is 32.1. The molecule has 1 amide bonds. The van der Waals surface area contributed by atoms with E-state index in [4.69, 9.17) is 4.74 Å². The van der Waals surface area contributed by atoms with E-state index >= 15 is 0 Å². The third kappa shape index (κ3) is 4.61. The van der Waals surface area contributed by atoms with Crippen molar-refractivity contribution in [2.75, 3.05) is 5.32 Å². The van der Waals surface area contributed by atoms with Crippen LogP contribution in [0.4, 0.5) is 5.69 Å². The van der Waals surface area contributed by atoms with Gasteiger partial charge in [-0.1, -0.05) is 6.07 Å². The van der Waals surface area contributed by atoms with E-state index in [0.29, 0.717) is 23.1 Å². The fraction of sp³-hybridized carbons (Fsp3) is 0.0909. The van der Waals surface area contributed by atoms with Crippen molar-refractivity contribution in [3.8, 4) is 17.4 Å². The van der Waals surface area contributed by atoms with Crippen molar-refractivity contribution in [1.29, 1.82) is 0 Å². The molecule has 1 aromatic carbocycles. The first kappa shape index (κ1) is 19.5. The summed E-state index contributed by atoms with van der Waals surface area (Å²) in [6.45, 7) is 3.93. The molecule has 8 heteroatoms. The Morgan fingerprint density at radius 2 is 1.93 bits per heavy atom. The van der Waals surface area contributed by atoms with Crippen LogP contribution < -0.4 is 10.1 Å². The van der Waals surface area contributed by atoms with E-state index in [1.54, 1.807) is 54.1 Å². The van der Waals surface area contributed by atoms with Gasteiger partial charge in [0.15, 0.2) is 5.82 Å². The average molecular weight is 417 g/mol. The van der Waals surface area contributed by atoms with Crippen molar-refractivity contribution in [2.24, 2.45) is 0 Å². The van der Waals surface area contributed by atoms with Crippen LogP contribution in [0.3, 0.4) is 0 Å². The van der Waals surface area contributed by atoms with Crippen molar-refractivity contribution >= 4 is 29.0 Å². The van der Waals surface area contributed by atoms with Crippen LogP contribution in [-0.2, 0) is 4.79 Å². The van der Waals surface area contributed by atoms with E-state index in [0.717, 1.165) is 16.3 Å². The SMILES string of the molecule is Cc1ncn(-c2ccc(Oc3ccc(NC(=O)/C=C/c4cccs4)cc3)nn2)c1C. The van der Waals surface area contributed by atoms with Crippen LogP contribution in [0.2, 0.25) is 0 Å². The van der Waals surface area contributed by atoms with Crippen LogP contribution in [0.5, 0.6) is 11.6 Å². The number of hydrogen-bond donors (Lipinski definition) is 1. The quantitative estimate of drug-likeness (QED) is 0.456. The number of nitrogens with zero attached hydrogens (tertiary/aromatic N) is 4. The summed E-state index contributed by atoms with van der Waals surface area (Å²) in [5.74, 6) is 1.46. The number of benzene rings is 1. The second-order valence-corrected chi connectivity index (χ2v) is 7.46. The van der Waals surface area contributed by atoms with Gasteiger partial charge in [-0.05, 0) is 61.7 Å². The maximum Gasteiger partial charge on any atom is 0.248 e. The summed E-state index contributed by atoms with van der Waals surface area (Å²) in [6, 6.07) is 14.5.